The van der Waals surface area contributed by atoms with Crippen molar-refractivity contribution < 1.29 is 9.59 Å². The highest BCUT2D eigenvalue weighted by atomic mass is 16.2. The smallest absolute Gasteiger partial charge is 0.230 e. The first-order valence-electron chi connectivity index (χ1n) is 11.2. The lowest BCUT2D eigenvalue weighted by atomic mass is 9.88. The number of fused-ring (bicyclic) bond motifs is 1. The summed E-state index contributed by atoms with van der Waals surface area (Å²) < 4.78 is 0. The second kappa shape index (κ2) is 9.46. The molecule has 0 spiro atoms. The molecule has 3 rings (SSSR count). The third kappa shape index (κ3) is 4.14. The van der Waals surface area contributed by atoms with Crippen molar-refractivity contribution in [2.24, 2.45) is 11.8 Å². The minimum Gasteiger partial charge on any atom is -0.309 e. The van der Waals surface area contributed by atoms with Crippen molar-refractivity contribution in [2.45, 2.75) is 66.0 Å². The van der Waals surface area contributed by atoms with Gasteiger partial charge in [0.1, 0.15) is 0 Å². The molecule has 1 aliphatic heterocycles. The highest BCUT2D eigenvalue weighted by molar-refractivity contribution is 5.99. The van der Waals surface area contributed by atoms with E-state index in [4.69, 9.17) is 0 Å². The second-order valence-electron chi connectivity index (χ2n) is 8.53. The molecule has 4 nitrogen and oxygen atoms in total. The normalized spacial score (nSPS) is 20.2. The number of benzene rings is 2. The van der Waals surface area contributed by atoms with Gasteiger partial charge in [-0.05, 0) is 49.9 Å². The van der Waals surface area contributed by atoms with Crippen molar-refractivity contribution in [3.63, 3.8) is 0 Å². The van der Waals surface area contributed by atoms with E-state index in [1.165, 1.54) is 0 Å². The molecule has 0 aliphatic carbocycles. The Labute approximate surface area is 180 Å². The van der Waals surface area contributed by atoms with Crippen molar-refractivity contribution in [3.05, 3.63) is 60.2 Å². The Bertz CT molecular complexity index is 880. The van der Waals surface area contributed by atoms with Crippen LogP contribution >= 0.6 is 0 Å². The number of amides is 2. The minimum absolute atomic E-state index is 0.0161. The fraction of sp³-hybridized carbons (Fsp3) is 0.462. The van der Waals surface area contributed by atoms with Crippen LogP contribution in [0.5, 0.6) is 0 Å². The van der Waals surface area contributed by atoms with Gasteiger partial charge in [0.25, 0.3) is 0 Å². The molecule has 0 N–H and O–H groups in total. The zero-order valence-electron chi connectivity index (χ0n) is 18.8. The summed E-state index contributed by atoms with van der Waals surface area (Å²) in [6.07, 6.45) is 2.33. The number of para-hydroxylation sites is 2. The third-order valence-corrected chi connectivity index (χ3v) is 6.45. The van der Waals surface area contributed by atoms with Crippen LogP contribution in [0, 0.1) is 11.8 Å². The van der Waals surface area contributed by atoms with Crippen molar-refractivity contribution in [1.29, 1.82) is 0 Å². The monoisotopic (exact) mass is 406 g/mol. The van der Waals surface area contributed by atoms with Gasteiger partial charge in [0, 0.05) is 29.3 Å². The summed E-state index contributed by atoms with van der Waals surface area (Å²) in [5.74, 6) is 0.212. The van der Waals surface area contributed by atoms with E-state index in [1.807, 2.05) is 79.1 Å². The van der Waals surface area contributed by atoms with Crippen molar-refractivity contribution in [1.82, 2.24) is 0 Å². The molecule has 2 aromatic carbocycles. The van der Waals surface area contributed by atoms with Crippen LogP contribution in [-0.4, -0.2) is 17.9 Å². The standard InChI is InChI=1S/C26H34N2O2/c1-6-18(3)25(29)27-20(5)17-24(22-15-11-12-16-23(22)27)28(26(30)19(4)7-2)21-13-9-8-10-14-21/h8-16,18-20,24H,6-7,17H2,1-5H3/t18-,19+,20+,24+/m0/s1. The van der Waals surface area contributed by atoms with E-state index >= 15 is 0 Å². The maximum atomic E-state index is 13.5. The Morgan fingerprint density at radius 1 is 0.967 bits per heavy atom. The van der Waals surface area contributed by atoms with E-state index in [-0.39, 0.29) is 35.7 Å². The average Bonchev–Trinajstić information content (AvgIpc) is 2.78. The lowest BCUT2D eigenvalue weighted by molar-refractivity contribution is -0.122. The zero-order valence-corrected chi connectivity index (χ0v) is 18.8. The van der Waals surface area contributed by atoms with Gasteiger partial charge in [-0.25, -0.2) is 0 Å². The molecular formula is C26H34N2O2. The summed E-state index contributed by atoms with van der Waals surface area (Å²) >= 11 is 0. The molecule has 160 valence electrons. The largest absolute Gasteiger partial charge is 0.309 e. The SMILES string of the molecule is CC[C@@H](C)C(=O)N(c1ccccc1)[C@@H]1C[C@@H](C)N(C(=O)[C@@H](C)CC)c2ccccc21. The van der Waals surface area contributed by atoms with Crippen molar-refractivity contribution >= 4 is 23.2 Å². The summed E-state index contributed by atoms with van der Waals surface area (Å²) in [6.45, 7) is 10.2. The first-order valence-corrected chi connectivity index (χ1v) is 11.2. The lowest BCUT2D eigenvalue weighted by Crippen LogP contribution is -2.49. The average molecular weight is 407 g/mol. The van der Waals surface area contributed by atoms with Crippen LogP contribution in [0.2, 0.25) is 0 Å². The number of rotatable bonds is 6. The van der Waals surface area contributed by atoms with E-state index in [0.29, 0.717) is 0 Å². The third-order valence-electron chi connectivity index (χ3n) is 6.45. The fourth-order valence-corrected chi connectivity index (χ4v) is 4.24. The molecular weight excluding hydrogens is 372 g/mol. The first-order chi connectivity index (χ1) is 14.4. The molecule has 2 aromatic rings. The molecule has 4 heteroatoms. The summed E-state index contributed by atoms with van der Waals surface area (Å²) in [7, 11) is 0. The molecule has 0 saturated carbocycles. The highest BCUT2D eigenvalue weighted by Crippen LogP contribution is 2.43. The van der Waals surface area contributed by atoms with Crippen LogP contribution in [-0.2, 0) is 9.59 Å². The Morgan fingerprint density at radius 2 is 1.57 bits per heavy atom. The summed E-state index contributed by atoms with van der Waals surface area (Å²) in [5.41, 5.74) is 2.90. The Morgan fingerprint density at radius 3 is 2.20 bits per heavy atom. The van der Waals surface area contributed by atoms with Crippen molar-refractivity contribution in [2.75, 3.05) is 9.80 Å². The summed E-state index contributed by atoms with van der Waals surface area (Å²) in [6, 6.07) is 17.9. The maximum absolute atomic E-state index is 13.5. The molecule has 30 heavy (non-hydrogen) atoms. The fourth-order valence-electron chi connectivity index (χ4n) is 4.24. The molecule has 0 aromatic heterocycles. The first kappa shape index (κ1) is 22.1. The lowest BCUT2D eigenvalue weighted by Gasteiger charge is -2.44. The van der Waals surface area contributed by atoms with Crippen LogP contribution in [0.15, 0.2) is 54.6 Å². The van der Waals surface area contributed by atoms with Crippen LogP contribution in [0.1, 0.15) is 65.5 Å². The highest BCUT2D eigenvalue weighted by Gasteiger charge is 2.39. The topological polar surface area (TPSA) is 40.6 Å². The van der Waals surface area contributed by atoms with E-state index in [1.54, 1.807) is 0 Å². The van der Waals surface area contributed by atoms with Gasteiger partial charge in [0.15, 0.2) is 0 Å². The van der Waals surface area contributed by atoms with Crippen LogP contribution in [0.3, 0.4) is 0 Å². The number of carbonyl (C=O) groups excluding carboxylic acids is 2. The Kier molecular flexibility index (Phi) is 6.96. The molecule has 1 heterocycles. The molecule has 2 amide bonds. The summed E-state index contributed by atoms with van der Waals surface area (Å²) in [4.78, 5) is 30.6. The summed E-state index contributed by atoms with van der Waals surface area (Å²) in [5, 5.41) is 0. The molecule has 0 bridgehead atoms. The van der Waals surface area contributed by atoms with Gasteiger partial charge < -0.3 is 9.80 Å². The van der Waals surface area contributed by atoms with Crippen LogP contribution in [0.4, 0.5) is 11.4 Å². The Hall–Kier alpha value is -2.62. The molecule has 4 atom stereocenters. The van der Waals surface area contributed by atoms with Gasteiger partial charge >= 0.3 is 0 Å². The second-order valence-corrected chi connectivity index (χ2v) is 8.53. The predicted molar refractivity (Wildman–Crippen MR) is 124 cm³/mol. The van der Waals surface area contributed by atoms with Crippen LogP contribution in [0.25, 0.3) is 0 Å². The van der Waals surface area contributed by atoms with E-state index in [9.17, 15) is 9.59 Å². The number of anilines is 2. The quantitative estimate of drug-likeness (QED) is 0.592. The predicted octanol–water partition coefficient (Wildman–Crippen LogP) is 5.98. The zero-order chi connectivity index (χ0) is 21.8. The van der Waals surface area contributed by atoms with Gasteiger partial charge in [0.05, 0.1) is 6.04 Å². The van der Waals surface area contributed by atoms with E-state index < -0.39 is 0 Å². The van der Waals surface area contributed by atoms with Gasteiger partial charge in [-0.15, -0.1) is 0 Å². The molecule has 0 fully saturated rings. The number of hydrogen-bond donors (Lipinski definition) is 0. The molecule has 0 unspecified atom stereocenters. The molecule has 1 aliphatic rings. The minimum atomic E-state index is -0.0962. The maximum Gasteiger partial charge on any atom is 0.230 e. The van der Waals surface area contributed by atoms with Gasteiger partial charge in [-0.1, -0.05) is 64.1 Å². The van der Waals surface area contributed by atoms with Crippen molar-refractivity contribution in [3.8, 4) is 0 Å². The molecule has 0 saturated heterocycles. The number of hydrogen-bond acceptors (Lipinski definition) is 2. The number of nitrogens with zero attached hydrogens (tertiary/aromatic N) is 2. The van der Waals surface area contributed by atoms with Crippen LogP contribution < -0.4 is 9.80 Å². The molecule has 0 radical (unpaired) electrons. The van der Waals surface area contributed by atoms with Gasteiger partial charge in [-0.3, -0.25) is 9.59 Å². The van der Waals surface area contributed by atoms with E-state index in [0.717, 1.165) is 36.2 Å². The number of carbonyl (C=O) groups is 2. The van der Waals surface area contributed by atoms with E-state index in [2.05, 4.69) is 19.9 Å². The Balaban J connectivity index is 2.11. The van der Waals surface area contributed by atoms with Gasteiger partial charge in [-0.2, -0.15) is 0 Å². The van der Waals surface area contributed by atoms with Gasteiger partial charge in [0.2, 0.25) is 11.8 Å².